The van der Waals surface area contributed by atoms with E-state index in [1.54, 1.807) is 18.2 Å². The Labute approximate surface area is 112 Å². The molecular weight excluding hydrogens is 281 g/mol. The molecule has 3 nitrogen and oxygen atoms in total. The molecule has 0 N–H and O–H groups in total. The summed E-state index contributed by atoms with van der Waals surface area (Å²) in [6, 6.07) is 7.12. The van der Waals surface area contributed by atoms with E-state index in [4.69, 9.17) is 23.2 Å². The number of carbonyl (C=O) groups excluding carboxylic acids is 1. The second-order valence-electron chi connectivity index (χ2n) is 3.12. The van der Waals surface area contributed by atoms with E-state index in [1.165, 1.54) is 7.11 Å². The van der Waals surface area contributed by atoms with Gasteiger partial charge < -0.3 is 4.74 Å². The van der Waals surface area contributed by atoms with Crippen molar-refractivity contribution in [2.45, 2.75) is 0 Å². The highest BCUT2D eigenvalue weighted by molar-refractivity contribution is 7.17. The van der Waals surface area contributed by atoms with E-state index < -0.39 is 5.97 Å². The highest BCUT2D eigenvalue weighted by Crippen LogP contribution is 2.34. The van der Waals surface area contributed by atoms with Crippen molar-refractivity contribution >= 4 is 40.5 Å². The molecule has 0 atom stereocenters. The zero-order valence-corrected chi connectivity index (χ0v) is 11.1. The molecule has 1 aromatic carbocycles. The number of rotatable bonds is 2. The van der Waals surface area contributed by atoms with Gasteiger partial charge in [-0.15, -0.1) is 0 Å². The molecule has 6 heteroatoms. The van der Waals surface area contributed by atoms with Gasteiger partial charge in [0.05, 0.1) is 17.8 Å². The maximum Gasteiger partial charge on any atom is 0.350 e. The Balaban J connectivity index is 2.60. The predicted octanol–water partition coefficient (Wildman–Crippen LogP) is 3.90. The molecule has 0 amide bonds. The summed E-state index contributed by atoms with van der Waals surface area (Å²) in [4.78, 5) is 16.0. The maximum absolute atomic E-state index is 11.6. The molecule has 0 aliphatic rings. The van der Waals surface area contributed by atoms with Gasteiger partial charge in [-0.25, -0.2) is 9.78 Å². The number of ether oxygens (including phenoxy) is 1. The van der Waals surface area contributed by atoms with Gasteiger partial charge in [-0.05, 0) is 6.07 Å². The van der Waals surface area contributed by atoms with Crippen molar-refractivity contribution in [3.63, 3.8) is 0 Å². The Morgan fingerprint density at radius 1 is 1.35 bits per heavy atom. The Kier molecular flexibility index (Phi) is 3.66. The summed E-state index contributed by atoms with van der Waals surface area (Å²) in [5.74, 6) is -0.468. The summed E-state index contributed by atoms with van der Waals surface area (Å²) >= 11 is 13.0. The van der Waals surface area contributed by atoms with Crippen LogP contribution in [0.3, 0.4) is 0 Å². The first-order chi connectivity index (χ1) is 8.13. The number of carbonyl (C=O) groups is 1. The van der Waals surface area contributed by atoms with Gasteiger partial charge >= 0.3 is 5.97 Å². The Morgan fingerprint density at radius 2 is 2.06 bits per heavy atom. The molecule has 0 aliphatic carbocycles. The smallest absolute Gasteiger partial charge is 0.350 e. The number of benzene rings is 1. The zero-order valence-electron chi connectivity index (χ0n) is 8.74. The van der Waals surface area contributed by atoms with Crippen molar-refractivity contribution in [3.05, 3.63) is 38.6 Å². The lowest BCUT2D eigenvalue weighted by Gasteiger charge is -2.02. The number of esters is 1. The molecule has 0 saturated heterocycles. The van der Waals surface area contributed by atoms with Gasteiger partial charge in [-0.3, -0.25) is 0 Å². The number of aromatic nitrogens is 1. The van der Waals surface area contributed by atoms with Crippen LogP contribution in [0.4, 0.5) is 0 Å². The van der Waals surface area contributed by atoms with Crippen LogP contribution < -0.4 is 0 Å². The predicted molar refractivity (Wildman–Crippen MR) is 68.9 cm³/mol. The van der Waals surface area contributed by atoms with E-state index in [9.17, 15) is 4.79 Å². The van der Waals surface area contributed by atoms with E-state index in [0.717, 1.165) is 11.3 Å². The summed E-state index contributed by atoms with van der Waals surface area (Å²) < 4.78 is 4.96. The molecule has 88 valence electrons. The Bertz CT molecular complexity index is 568. The minimum absolute atomic E-state index is 0.278. The zero-order chi connectivity index (χ0) is 12.4. The minimum Gasteiger partial charge on any atom is -0.465 e. The standard InChI is InChI=1S/C11H7Cl2NO2S/c1-16-10(15)9-8(14-11(13)17-9)6-4-2-3-5-7(6)12/h2-5H,1H3. The van der Waals surface area contributed by atoms with Crippen molar-refractivity contribution in [2.24, 2.45) is 0 Å². The number of hydrogen-bond acceptors (Lipinski definition) is 4. The quantitative estimate of drug-likeness (QED) is 0.787. The molecule has 1 heterocycles. The average molecular weight is 288 g/mol. The van der Waals surface area contributed by atoms with Gasteiger partial charge in [-0.1, -0.05) is 52.7 Å². The van der Waals surface area contributed by atoms with Crippen molar-refractivity contribution in [1.82, 2.24) is 4.98 Å². The van der Waals surface area contributed by atoms with Gasteiger partial charge in [-0.2, -0.15) is 0 Å². The van der Waals surface area contributed by atoms with E-state index in [-0.39, 0.29) is 4.47 Å². The van der Waals surface area contributed by atoms with Gasteiger partial charge in [0, 0.05) is 5.56 Å². The first kappa shape index (κ1) is 12.4. The Hall–Kier alpha value is -1.10. The van der Waals surface area contributed by atoms with Crippen molar-refractivity contribution in [1.29, 1.82) is 0 Å². The van der Waals surface area contributed by atoms with Crippen molar-refractivity contribution < 1.29 is 9.53 Å². The van der Waals surface area contributed by atoms with E-state index >= 15 is 0 Å². The molecule has 0 fully saturated rings. The summed E-state index contributed by atoms with van der Waals surface area (Å²) in [7, 11) is 1.31. The van der Waals surface area contributed by atoms with Gasteiger partial charge in [0.15, 0.2) is 4.47 Å². The third-order valence-electron chi connectivity index (χ3n) is 2.10. The molecular formula is C11H7Cl2NO2S. The SMILES string of the molecule is COC(=O)c1sc(Cl)nc1-c1ccccc1Cl. The van der Waals surface area contributed by atoms with E-state index in [0.29, 0.717) is 21.2 Å². The number of halogens is 2. The van der Waals surface area contributed by atoms with Crippen molar-refractivity contribution in [2.75, 3.05) is 7.11 Å². The molecule has 2 rings (SSSR count). The molecule has 0 aliphatic heterocycles. The fraction of sp³-hybridized carbons (Fsp3) is 0.0909. The van der Waals surface area contributed by atoms with Crippen LogP contribution in [-0.2, 0) is 4.74 Å². The molecule has 0 spiro atoms. The first-order valence-electron chi connectivity index (χ1n) is 4.63. The van der Waals surface area contributed by atoms with Crippen LogP contribution in [-0.4, -0.2) is 18.1 Å². The van der Waals surface area contributed by atoms with E-state index in [1.807, 2.05) is 6.07 Å². The van der Waals surface area contributed by atoms with Crippen LogP contribution in [0, 0.1) is 0 Å². The van der Waals surface area contributed by atoms with Crippen LogP contribution in [0.15, 0.2) is 24.3 Å². The second kappa shape index (κ2) is 5.04. The fourth-order valence-electron chi connectivity index (χ4n) is 1.36. The fourth-order valence-corrected chi connectivity index (χ4v) is 2.63. The largest absolute Gasteiger partial charge is 0.465 e. The minimum atomic E-state index is -0.468. The number of hydrogen-bond donors (Lipinski definition) is 0. The highest BCUT2D eigenvalue weighted by Gasteiger charge is 2.20. The van der Waals surface area contributed by atoms with Gasteiger partial charge in [0.2, 0.25) is 0 Å². The van der Waals surface area contributed by atoms with E-state index in [2.05, 4.69) is 9.72 Å². The normalized spacial score (nSPS) is 10.3. The number of nitrogens with zero attached hydrogens (tertiary/aromatic N) is 1. The molecule has 0 saturated carbocycles. The number of thiazole rings is 1. The lowest BCUT2D eigenvalue weighted by molar-refractivity contribution is 0.0607. The third kappa shape index (κ3) is 2.44. The topological polar surface area (TPSA) is 39.2 Å². The maximum atomic E-state index is 11.6. The molecule has 0 radical (unpaired) electrons. The molecule has 2 aromatic rings. The summed E-state index contributed by atoms with van der Waals surface area (Å²) in [6.45, 7) is 0. The number of methoxy groups -OCH3 is 1. The van der Waals surface area contributed by atoms with Crippen LogP contribution in [0.25, 0.3) is 11.3 Å². The third-order valence-corrected chi connectivity index (χ3v) is 3.57. The van der Waals surface area contributed by atoms with Crippen LogP contribution in [0.2, 0.25) is 9.49 Å². The van der Waals surface area contributed by atoms with Crippen LogP contribution >= 0.6 is 34.5 Å². The molecule has 17 heavy (non-hydrogen) atoms. The summed E-state index contributed by atoms with van der Waals surface area (Å²) in [6.07, 6.45) is 0. The first-order valence-corrected chi connectivity index (χ1v) is 6.20. The molecule has 0 bridgehead atoms. The summed E-state index contributed by atoms with van der Waals surface area (Å²) in [5, 5.41) is 0.514. The average Bonchev–Trinajstić information content (AvgIpc) is 2.71. The van der Waals surface area contributed by atoms with Crippen molar-refractivity contribution in [3.8, 4) is 11.3 Å². The monoisotopic (exact) mass is 287 g/mol. The lowest BCUT2D eigenvalue weighted by Crippen LogP contribution is -2.00. The van der Waals surface area contributed by atoms with Crippen LogP contribution in [0.5, 0.6) is 0 Å². The molecule has 0 unspecified atom stereocenters. The van der Waals surface area contributed by atoms with Crippen LogP contribution in [0.1, 0.15) is 9.67 Å². The van der Waals surface area contributed by atoms with Gasteiger partial charge in [0.1, 0.15) is 4.88 Å². The lowest BCUT2D eigenvalue weighted by atomic mass is 10.1. The second-order valence-corrected chi connectivity index (χ2v) is 5.10. The molecule has 1 aromatic heterocycles. The summed E-state index contributed by atoms with van der Waals surface area (Å²) in [5.41, 5.74) is 1.12. The Morgan fingerprint density at radius 3 is 2.71 bits per heavy atom. The highest BCUT2D eigenvalue weighted by atomic mass is 35.5. The van der Waals surface area contributed by atoms with Gasteiger partial charge in [0.25, 0.3) is 0 Å².